The van der Waals surface area contributed by atoms with Crippen molar-refractivity contribution in [2.24, 2.45) is 5.92 Å². The first-order valence-corrected chi connectivity index (χ1v) is 11.1. The average Bonchev–Trinajstić information content (AvgIpc) is 2.73. The molecule has 2 aliphatic heterocycles. The third-order valence-corrected chi connectivity index (χ3v) is 6.71. The first-order valence-electron chi connectivity index (χ1n) is 10.3. The summed E-state index contributed by atoms with van der Waals surface area (Å²) in [6, 6.07) is 17.5. The van der Waals surface area contributed by atoms with Crippen molar-refractivity contribution in [3.05, 3.63) is 48.5 Å². The Morgan fingerprint density at radius 3 is 2.17 bits per heavy atom. The molecule has 29 heavy (non-hydrogen) atoms. The highest BCUT2D eigenvalue weighted by atomic mass is 35.5. The molecule has 2 aromatic carbocycles. The molecule has 1 N–H and O–H groups in total. The van der Waals surface area contributed by atoms with Gasteiger partial charge in [0.25, 0.3) is 0 Å². The Labute approximate surface area is 184 Å². The minimum absolute atomic E-state index is 0. The summed E-state index contributed by atoms with van der Waals surface area (Å²) >= 11 is 1.87. The maximum Gasteiger partial charge on any atom is 0.0701 e. The summed E-state index contributed by atoms with van der Waals surface area (Å²) in [5.74, 6) is 0.569. The van der Waals surface area contributed by atoms with E-state index in [1.54, 1.807) is 0 Å². The van der Waals surface area contributed by atoms with E-state index in [-0.39, 0.29) is 19.0 Å². The number of ether oxygens (including phenoxy) is 1. The van der Waals surface area contributed by atoms with Crippen molar-refractivity contribution in [3.8, 4) is 0 Å². The zero-order valence-electron chi connectivity index (χ0n) is 17.0. The van der Waals surface area contributed by atoms with Gasteiger partial charge in [0.1, 0.15) is 0 Å². The van der Waals surface area contributed by atoms with Gasteiger partial charge < -0.3 is 19.6 Å². The molecule has 0 aliphatic carbocycles. The number of para-hydroxylation sites is 2. The van der Waals surface area contributed by atoms with Gasteiger partial charge in [-0.2, -0.15) is 0 Å². The normalized spacial score (nSPS) is 17.9. The van der Waals surface area contributed by atoms with Gasteiger partial charge in [-0.25, -0.2) is 0 Å². The van der Waals surface area contributed by atoms with E-state index in [2.05, 4.69) is 65.3 Å². The lowest BCUT2D eigenvalue weighted by Crippen LogP contribution is -2.41. The minimum Gasteiger partial charge on any atom is -0.394 e. The molecule has 1 saturated heterocycles. The highest BCUT2D eigenvalue weighted by Gasteiger charge is 2.26. The lowest BCUT2D eigenvalue weighted by molar-refractivity contribution is -0.00942. The van der Waals surface area contributed by atoms with Gasteiger partial charge in [0.2, 0.25) is 0 Å². The Morgan fingerprint density at radius 2 is 1.59 bits per heavy atom. The molecule has 0 spiro atoms. The summed E-state index contributed by atoms with van der Waals surface area (Å²) in [5.41, 5.74) is 2.66. The van der Waals surface area contributed by atoms with Crippen LogP contribution in [-0.2, 0) is 4.74 Å². The summed E-state index contributed by atoms with van der Waals surface area (Å²) in [6.45, 7) is 7.26. The Balaban J connectivity index is 0.00000240. The van der Waals surface area contributed by atoms with Crippen LogP contribution in [0.25, 0.3) is 0 Å². The number of hydrogen-bond donors (Lipinski definition) is 1. The lowest BCUT2D eigenvalue weighted by atomic mass is 10.0. The predicted octanol–water partition coefficient (Wildman–Crippen LogP) is 4.82. The standard InChI is InChI=1S/C23H30N2O2S.ClH/c1-18(16-24-12-10-19(11-13-24)27-15-14-26)17-25-20-6-2-4-8-22(20)28-23-9-5-3-7-21(23)25;/h2-9,18-19,26H,10-17H2,1H3;1H. The van der Waals surface area contributed by atoms with Crippen LogP contribution in [0.15, 0.2) is 58.3 Å². The topological polar surface area (TPSA) is 35.9 Å². The summed E-state index contributed by atoms with van der Waals surface area (Å²) in [5, 5.41) is 8.92. The van der Waals surface area contributed by atoms with Crippen LogP contribution in [0.4, 0.5) is 11.4 Å². The summed E-state index contributed by atoms with van der Waals surface area (Å²) in [6.07, 6.45) is 2.45. The molecular weight excluding hydrogens is 404 g/mol. The molecule has 0 aromatic heterocycles. The molecule has 0 radical (unpaired) electrons. The van der Waals surface area contributed by atoms with E-state index < -0.39 is 0 Å². The van der Waals surface area contributed by atoms with Crippen molar-refractivity contribution in [2.75, 3.05) is 44.3 Å². The number of rotatable bonds is 7. The zero-order valence-corrected chi connectivity index (χ0v) is 18.6. The predicted molar refractivity (Wildman–Crippen MR) is 123 cm³/mol. The second kappa shape index (κ2) is 10.7. The lowest BCUT2D eigenvalue weighted by Gasteiger charge is -2.37. The molecule has 4 rings (SSSR count). The third kappa shape index (κ3) is 5.47. The van der Waals surface area contributed by atoms with Crippen molar-refractivity contribution in [3.63, 3.8) is 0 Å². The number of hydrogen-bond acceptors (Lipinski definition) is 5. The van der Waals surface area contributed by atoms with Crippen LogP contribution in [-0.4, -0.2) is 55.5 Å². The number of aliphatic hydroxyl groups is 1. The Bertz CT molecular complexity index is 737. The van der Waals surface area contributed by atoms with E-state index in [1.807, 2.05) is 11.8 Å². The number of aliphatic hydroxyl groups excluding tert-OH is 1. The largest absolute Gasteiger partial charge is 0.394 e. The van der Waals surface area contributed by atoms with Crippen molar-refractivity contribution in [2.45, 2.75) is 35.7 Å². The van der Waals surface area contributed by atoms with Crippen molar-refractivity contribution in [1.82, 2.24) is 4.90 Å². The van der Waals surface area contributed by atoms with Gasteiger partial charge in [-0.1, -0.05) is 43.0 Å². The Hall–Kier alpha value is -1.24. The highest BCUT2D eigenvalue weighted by molar-refractivity contribution is 7.99. The van der Waals surface area contributed by atoms with Gasteiger partial charge in [0.05, 0.1) is 30.7 Å². The highest BCUT2D eigenvalue weighted by Crippen LogP contribution is 2.48. The summed E-state index contributed by atoms with van der Waals surface area (Å²) in [7, 11) is 0. The van der Waals surface area contributed by atoms with E-state index in [4.69, 9.17) is 9.84 Å². The number of nitrogens with zero attached hydrogens (tertiary/aromatic N) is 2. The molecule has 6 heteroatoms. The molecule has 1 unspecified atom stereocenters. The monoisotopic (exact) mass is 434 g/mol. The van der Waals surface area contributed by atoms with E-state index in [1.165, 1.54) is 21.2 Å². The first kappa shape index (κ1) is 22.4. The molecule has 4 nitrogen and oxygen atoms in total. The summed E-state index contributed by atoms with van der Waals surface area (Å²) < 4.78 is 5.70. The number of halogens is 1. The van der Waals surface area contributed by atoms with Crippen LogP contribution >= 0.6 is 24.2 Å². The smallest absolute Gasteiger partial charge is 0.0701 e. The van der Waals surface area contributed by atoms with Crippen LogP contribution in [0.5, 0.6) is 0 Å². The van der Waals surface area contributed by atoms with Gasteiger partial charge in [-0.05, 0) is 43.0 Å². The second-order valence-corrected chi connectivity index (χ2v) is 8.93. The molecule has 0 amide bonds. The van der Waals surface area contributed by atoms with Crippen LogP contribution < -0.4 is 4.90 Å². The fourth-order valence-electron chi connectivity index (χ4n) is 4.27. The van der Waals surface area contributed by atoms with Crippen molar-refractivity contribution < 1.29 is 9.84 Å². The van der Waals surface area contributed by atoms with E-state index in [0.717, 1.165) is 39.0 Å². The molecule has 2 aromatic rings. The van der Waals surface area contributed by atoms with E-state index >= 15 is 0 Å². The molecular formula is C23H31ClN2O2S. The van der Waals surface area contributed by atoms with Crippen LogP contribution in [0.1, 0.15) is 19.8 Å². The first-order chi connectivity index (χ1) is 13.7. The Morgan fingerprint density at radius 1 is 1.00 bits per heavy atom. The van der Waals surface area contributed by atoms with E-state index in [9.17, 15) is 0 Å². The Kier molecular flexibility index (Phi) is 8.27. The van der Waals surface area contributed by atoms with Gasteiger partial charge in [-0.3, -0.25) is 0 Å². The quantitative estimate of drug-likeness (QED) is 0.675. The molecule has 2 heterocycles. The van der Waals surface area contributed by atoms with Crippen LogP contribution in [0.3, 0.4) is 0 Å². The molecule has 0 bridgehead atoms. The maximum absolute atomic E-state index is 8.92. The fraction of sp³-hybridized carbons (Fsp3) is 0.478. The van der Waals surface area contributed by atoms with Gasteiger partial charge in [0, 0.05) is 36.0 Å². The zero-order chi connectivity index (χ0) is 19.3. The second-order valence-electron chi connectivity index (χ2n) is 7.85. The van der Waals surface area contributed by atoms with Crippen LogP contribution in [0, 0.1) is 5.92 Å². The van der Waals surface area contributed by atoms with Crippen molar-refractivity contribution >= 4 is 35.5 Å². The number of fused-ring (bicyclic) bond motifs is 2. The minimum atomic E-state index is 0. The third-order valence-electron chi connectivity index (χ3n) is 5.58. The molecule has 0 saturated carbocycles. The number of anilines is 2. The number of likely N-dealkylation sites (tertiary alicyclic amines) is 1. The van der Waals surface area contributed by atoms with Gasteiger partial charge >= 0.3 is 0 Å². The molecule has 1 atom stereocenters. The molecule has 158 valence electrons. The number of piperidine rings is 1. The summed E-state index contributed by atoms with van der Waals surface area (Å²) in [4.78, 5) is 7.76. The van der Waals surface area contributed by atoms with Gasteiger partial charge in [0.15, 0.2) is 0 Å². The molecule has 2 aliphatic rings. The fourth-order valence-corrected chi connectivity index (χ4v) is 5.36. The SMILES string of the molecule is CC(CN1CCC(OCCO)CC1)CN1c2ccccc2Sc2ccccc21.Cl. The van der Waals surface area contributed by atoms with Gasteiger partial charge in [-0.15, -0.1) is 12.4 Å². The average molecular weight is 435 g/mol. The van der Waals surface area contributed by atoms with E-state index in [0.29, 0.717) is 18.6 Å². The van der Waals surface area contributed by atoms with Crippen molar-refractivity contribution in [1.29, 1.82) is 0 Å². The van der Waals surface area contributed by atoms with Crippen LogP contribution in [0.2, 0.25) is 0 Å². The molecule has 1 fully saturated rings. The maximum atomic E-state index is 8.92. The number of benzene rings is 2.